The molecule has 2 aromatic carbocycles. The standard InChI is InChI=1S/C15H10F3NS/c16-10-6-5-9(13(17)14(10)18)15(19)12-7-8-3-1-2-4-11(8)20-12/h1-7,15H,19H2. The Morgan fingerprint density at radius 3 is 2.45 bits per heavy atom. The molecule has 0 aliphatic carbocycles. The highest BCUT2D eigenvalue weighted by atomic mass is 32.1. The summed E-state index contributed by atoms with van der Waals surface area (Å²) in [4.78, 5) is 0.705. The molecule has 1 unspecified atom stereocenters. The van der Waals surface area contributed by atoms with Crippen molar-refractivity contribution in [3.05, 3.63) is 70.4 Å². The van der Waals surface area contributed by atoms with Gasteiger partial charge in [0.1, 0.15) is 0 Å². The maximum absolute atomic E-state index is 13.8. The number of nitrogens with two attached hydrogens (primary N) is 1. The molecule has 0 aliphatic heterocycles. The average Bonchev–Trinajstić information content (AvgIpc) is 2.88. The molecule has 0 aliphatic rings. The molecule has 0 bridgehead atoms. The molecule has 5 heteroatoms. The first-order valence-electron chi connectivity index (χ1n) is 5.95. The van der Waals surface area contributed by atoms with Crippen molar-refractivity contribution in [3.63, 3.8) is 0 Å². The van der Waals surface area contributed by atoms with Crippen molar-refractivity contribution < 1.29 is 13.2 Å². The van der Waals surface area contributed by atoms with Crippen LogP contribution in [0.3, 0.4) is 0 Å². The smallest absolute Gasteiger partial charge is 0.194 e. The molecule has 0 saturated carbocycles. The van der Waals surface area contributed by atoms with E-state index in [2.05, 4.69) is 0 Å². The van der Waals surface area contributed by atoms with E-state index in [4.69, 9.17) is 5.73 Å². The molecule has 1 nitrogen and oxygen atoms in total. The minimum absolute atomic E-state index is 0.0459. The molecule has 1 atom stereocenters. The lowest BCUT2D eigenvalue weighted by molar-refractivity contribution is 0.439. The Bertz CT molecular complexity index is 749. The highest BCUT2D eigenvalue weighted by Crippen LogP contribution is 2.33. The Morgan fingerprint density at radius 1 is 0.950 bits per heavy atom. The molecule has 3 aromatic rings. The highest BCUT2D eigenvalue weighted by molar-refractivity contribution is 7.19. The van der Waals surface area contributed by atoms with Gasteiger partial charge in [0, 0.05) is 15.1 Å². The summed E-state index contributed by atoms with van der Waals surface area (Å²) in [6.45, 7) is 0. The van der Waals surface area contributed by atoms with E-state index in [1.54, 1.807) is 0 Å². The summed E-state index contributed by atoms with van der Waals surface area (Å²) in [5, 5.41) is 0.992. The van der Waals surface area contributed by atoms with Crippen molar-refractivity contribution in [2.45, 2.75) is 6.04 Å². The van der Waals surface area contributed by atoms with Gasteiger partial charge >= 0.3 is 0 Å². The number of fused-ring (bicyclic) bond motifs is 1. The summed E-state index contributed by atoms with van der Waals surface area (Å²) in [6, 6.07) is 10.7. The van der Waals surface area contributed by atoms with E-state index in [9.17, 15) is 13.2 Å². The van der Waals surface area contributed by atoms with E-state index in [0.717, 1.165) is 16.2 Å². The van der Waals surface area contributed by atoms with E-state index in [0.29, 0.717) is 4.88 Å². The predicted molar refractivity (Wildman–Crippen MR) is 74.2 cm³/mol. The van der Waals surface area contributed by atoms with Crippen molar-refractivity contribution in [3.8, 4) is 0 Å². The van der Waals surface area contributed by atoms with Gasteiger partial charge in [0.05, 0.1) is 6.04 Å². The van der Waals surface area contributed by atoms with Crippen LogP contribution in [0.4, 0.5) is 13.2 Å². The molecule has 0 radical (unpaired) electrons. The summed E-state index contributed by atoms with van der Waals surface area (Å²) >= 11 is 1.41. The van der Waals surface area contributed by atoms with Crippen LogP contribution in [0.5, 0.6) is 0 Å². The lowest BCUT2D eigenvalue weighted by Crippen LogP contribution is -2.13. The van der Waals surface area contributed by atoms with Gasteiger partial charge in [-0.25, -0.2) is 13.2 Å². The molecule has 2 N–H and O–H groups in total. The van der Waals surface area contributed by atoms with E-state index >= 15 is 0 Å². The number of benzene rings is 2. The van der Waals surface area contributed by atoms with Crippen LogP contribution >= 0.6 is 11.3 Å². The topological polar surface area (TPSA) is 26.0 Å². The van der Waals surface area contributed by atoms with Gasteiger partial charge in [-0.1, -0.05) is 24.3 Å². The van der Waals surface area contributed by atoms with Crippen LogP contribution in [-0.2, 0) is 0 Å². The van der Waals surface area contributed by atoms with Crippen molar-refractivity contribution >= 4 is 21.4 Å². The van der Waals surface area contributed by atoms with Gasteiger partial charge in [0.2, 0.25) is 0 Å². The maximum Gasteiger partial charge on any atom is 0.194 e. The summed E-state index contributed by atoms with van der Waals surface area (Å²) in [5.41, 5.74) is 5.94. The van der Waals surface area contributed by atoms with Crippen molar-refractivity contribution in [1.29, 1.82) is 0 Å². The summed E-state index contributed by atoms with van der Waals surface area (Å²) in [5.74, 6) is -3.93. The SMILES string of the molecule is NC(c1cc2ccccc2s1)c1ccc(F)c(F)c1F. The Morgan fingerprint density at radius 2 is 1.70 bits per heavy atom. The molecule has 102 valence electrons. The Kier molecular flexibility index (Phi) is 3.23. The van der Waals surface area contributed by atoms with Gasteiger partial charge in [-0.3, -0.25) is 0 Å². The Hall–Kier alpha value is -1.85. The third kappa shape index (κ3) is 2.09. The fraction of sp³-hybridized carbons (Fsp3) is 0.0667. The average molecular weight is 293 g/mol. The molecule has 0 amide bonds. The minimum atomic E-state index is -1.49. The molecule has 0 fully saturated rings. The predicted octanol–water partition coefficient (Wildman–Crippen LogP) is 4.37. The second-order valence-electron chi connectivity index (χ2n) is 4.43. The van der Waals surface area contributed by atoms with Crippen molar-refractivity contribution in [2.24, 2.45) is 5.73 Å². The van der Waals surface area contributed by atoms with Crippen LogP contribution in [0.2, 0.25) is 0 Å². The zero-order chi connectivity index (χ0) is 14.3. The summed E-state index contributed by atoms with van der Waals surface area (Å²) < 4.78 is 41.0. The van der Waals surface area contributed by atoms with Gasteiger partial charge < -0.3 is 5.73 Å². The third-order valence-electron chi connectivity index (χ3n) is 3.15. The lowest BCUT2D eigenvalue weighted by Gasteiger charge is -2.11. The second kappa shape index (κ2) is 4.92. The maximum atomic E-state index is 13.8. The molecule has 20 heavy (non-hydrogen) atoms. The summed E-state index contributed by atoms with van der Waals surface area (Å²) in [6.07, 6.45) is 0. The van der Waals surface area contributed by atoms with Gasteiger partial charge in [0.15, 0.2) is 17.5 Å². The zero-order valence-electron chi connectivity index (χ0n) is 10.2. The van der Waals surface area contributed by atoms with Crippen LogP contribution in [0.25, 0.3) is 10.1 Å². The zero-order valence-corrected chi connectivity index (χ0v) is 11.1. The second-order valence-corrected chi connectivity index (χ2v) is 5.54. The first-order valence-corrected chi connectivity index (χ1v) is 6.77. The quantitative estimate of drug-likeness (QED) is 0.698. The van der Waals surface area contributed by atoms with E-state index in [1.807, 2.05) is 30.3 Å². The van der Waals surface area contributed by atoms with Crippen LogP contribution in [-0.4, -0.2) is 0 Å². The number of rotatable bonds is 2. The van der Waals surface area contributed by atoms with Crippen LogP contribution in [0, 0.1) is 17.5 Å². The number of halogens is 3. The number of hydrogen-bond donors (Lipinski definition) is 1. The van der Waals surface area contributed by atoms with Crippen molar-refractivity contribution in [1.82, 2.24) is 0 Å². The van der Waals surface area contributed by atoms with E-state index in [-0.39, 0.29) is 5.56 Å². The first kappa shape index (κ1) is 13.1. The largest absolute Gasteiger partial charge is 0.320 e. The number of hydrogen-bond acceptors (Lipinski definition) is 2. The Labute approximate surface area is 117 Å². The molecular formula is C15H10F3NS. The van der Waals surface area contributed by atoms with Crippen LogP contribution in [0.1, 0.15) is 16.5 Å². The summed E-state index contributed by atoms with van der Waals surface area (Å²) in [7, 11) is 0. The highest BCUT2D eigenvalue weighted by Gasteiger charge is 2.20. The molecular weight excluding hydrogens is 283 g/mol. The van der Waals surface area contributed by atoms with Gasteiger partial charge in [-0.2, -0.15) is 0 Å². The fourth-order valence-electron chi connectivity index (χ4n) is 2.09. The monoisotopic (exact) mass is 293 g/mol. The van der Waals surface area contributed by atoms with Crippen molar-refractivity contribution in [2.75, 3.05) is 0 Å². The third-order valence-corrected chi connectivity index (χ3v) is 4.35. The van der Waals surface area contributed by atoms with Gasteiger partial charge in [0.25, 0.3) is 0 Å². The first-order chi connectivity index (χ1) is 9.58. The van der Waals surface area contributed by atoms with Crippen LogP contribution < -0.4 is 5.73 Å². The molecule has 1 aromatic heterocycles. The fourth-order valence-corrected chi connectivity index (χ4v) is 3.18. The normalized spacial score (nSPS) is 12.8. The molecule has 0 saturated heterocycles. The van der Waals surface area contributed by atoms with Crippen LogP contribution in [0.15, 0.2) is 42.5 Å². The molecule has 1 heterocycles. The molecule has 0 spiro atoms. The van der Waals surface area contributed by atoms with E-state index in [1.165, 1.54) is 17.4 Å². The number of thiophene rings is 1. The van der Waals surface area contributed by atoms with E-state index < -0.39 is 23.5 Å². The lowest BCUT2D eigenvalue weighted by atomic mass is 10.0. The minimum Gasteiger partial charge on any atom is -0.320 e. The Balaban J connectivity index is 2.08. The van der Waals surface area contributed by atoms with Gasteiger partial charge in [-0.15, -0.1) is 11.3 Å². The van der Waals surface area contributed by atoms with Gasteiger partial charge in [-0.05, 0) is 23.6 Å². The molecule has 3 rings (SSSR count).